The van der Waals surface area contributed by atoms with Gasteiger partial charge in [0.2, 0.25) is 0 Å². The molecule has 0 fully saturated rings. The van der Waals surface area contributed by atoms with Crippen LogP contribution in [-0.2, 0) is 10.1 Å². The summed E-state index contributed by atoms with van der Waals surface area (Å²) in [6.07, 6.45) is 1.67. The Morgan fingerprint density at radius 1 is 0.800 bits per heavy atom. The van der Waals surface area contributed by atoms with E-state index in [4.69, 9.17) is 13.7 Å². The Bertz CT molecular complexity index is 1400. The molecule has 0 saturated carbocycles. The number of hydrogen-bond acceptors (Lipinski definition) is 6. The van der Waals surface area contributed by atoms with Crippen molar-refractivity contribution >= 4 is 22.0 Å². The van der Waals surface area contributed by atoms with Crippen molar-refractivity contribution in [2.45, 2.75) is 18.7 Å². The van der Waals surface area contributed by atoms with Gasteiger partial charge in [0.15, 0.2) is 11.5 Å². The molecule has 0 bridgehead atoms. The maximum Gasteiger partial charge on any atom is 0.339 e. The predicted molar refractivity (Wildman–Crippen MR) is 137 cm³/mol. The lowest BCUT2D eigenvalue weighted by Gasteiger charge is -2.12. The van der Waals surface area contributed by atoms with Crippen LogP contribution in [0.3, 0.4) is 0 Å². The second kappa shape index (κ2) is 10.9. The fourth-order valence-corrected chi connectivity index (χ4v) is 4.13. The molecule has 0 aromatic heterocycles. The summed E-state index contributed by atoms with van der Waals surface area (Å²) >= 11 is 0. The van der Waals surface area contributed by atoms with Gasteiger partial charge in [-0.3, -0.25) is 4.99 Å². The van der Waals surface area contributed by atoms with Crippen molar-refractivity contribution in [2.75, 3.05) is 6.61 Å². The number of aliphatic imine (C=N–C) groups is 1. The predicted octanol–water partition coefficient (Wildman–Crippen LogP) is 6.70. The van der Waals surface area contributed by atoms with E-state index in [2.05, 4.69) is 4.99 Å². The Balaban J connectivity index is 1.48. The molecule has 0 heterocycles. The molecule has 4 rings (SSSR count). The molecule has 0 amide bonds. The third-order valence-corrected chi connectivity index (χ3v) is 6.20. The zero-order valence-electron chi connectivity index (χ0n) is 19.4. The number of ether oxygens (including phenoxy) is 2. The average Bonchev–Trinajstić information content (AvgIpc) is 2.86. The van der Waals surface area contributed by atoms with Crippen molar-refractivity contribution in [3.8, 4) is 23.0 Å². The van der Waals surface area contributed by atoms with Crippen molar-refractivity contribution in [2.24, 2.45) is 4.99 Å². The summed E-state index contributed by atoms with van der Waals surface area (Å²) in [6.45, 7) is 4.06. The van der Waals surface area contributed by atoms with Gasteiger partial charge in [0.1, 0.15) is 16.4 Å². The summed E-state index contributed by atoms with van der Waals surface area (Å²) in [5.74, 6) is 1.91. The molecular weight excluding hydrogens is 462 g/mol. The van der Waals surface area contributed by atoms with E-state index < -0.39 is 10.1 Å². The van der Waals surface area contributed by atoms with E-state index in [-0.39, 0.29) is 10.6 Å². The van der Waals surface area contributed by atoms with Crippen LogP contribution in [0.25, 0.3) is 0 Å². The third kappa shape index (κ3) is 6.49. The molecule has 4 aromatic rings. The van der Waals surface area contributed by atoms with E-state index in [1.807, 2.05) is 68.4 Å². The number of para-hydroxylation sites is 1. The van der Waals surface area contributed by atoms with Crippen molar-refractivity contribution in [3.63, 3.8) is 0 Å². The summed E-state index contributed by atoms with van der Waals surface area (Å²) < 4.78 is 42.2. The third-order valence-electron chi connectivity index (χ3n) is 4.96. The second-order valence-corrected chi connectivity index (χ2v) is 9.20. The second-order valence-electron chi connectivity index (χ2n) is 7.66. The first kappa shape index (κ1) is 24.0. The van der Waals surface area contributed by atoms with Gasteiger partial charge in [-0.15, -0.1) is 0 Å². The van der Waals surface area contributed by atoms with Crippen LogP contribution in [0.1, 0.15) is 18.1 Å². The van der Waals surface area contributed by atoms with Gasteiger partial charge in [-0.05, 0) is 86.1 Å². The van der Waals surface area contributed by atoms with Crippen molar-refractivity contribution < 1.29 is 22.1 Å². The minimum Gasteiger partial charge on any atom is -0.490 e. The van der Waals surface area contributed by atoms with Crippen LogP contribution in [0.2, 0.25) is 0 Å². The summed E-state index contributed by atoms with van der Waals surface area (Å²) in [5.41, 5.74) is 2.43. The van der Waals surface area contributed by atoms with Crippen LogP contribution < -0.4 is 13.7 Å². The van der Waals surface area contributed by atoms with Gasteiger partial charge in [-0.2, -0.15) is 8.42 Å². The number of rotatable bonds is 9. The molecule has 7 heteroatoms. The minimum atomic E-state index is -3.99. The van der Waals surface area contributed by atoms with Crippen molar-refractivity contribution in [1.29, 1.82) is 0 Å². The van der Waals surface area contributed by atoms with Crippen molar-refractivity contribution in [3.05, 3.63) is 108 Å². The number of hydrogen-bond donors (Lipinski definition) is 0. The molecule has 0 atom stereocenters. The highest BCUT2D eigenvalue weighted by Gasteiger charge is 2.19. The highest BCUT2D eigenvalue weighted by Crippen LogP contribution is 2.31. The minimum absolute atomic E-state index is 0.0795. The van der Waals surface area contributed by atoms with Gasteiger partial charge in [-0.1, -0.05) is 35.9 Å². The molecule has 0 N–H and O–H groups in total. The largest absolute Gasteiger partial charge is 0.490 e. The van der Waals surface area contributed by atoms with E-state index in [1.54, 1.807) is 36.5 Å². The molecule has 178 valence electrons. The van der Waals surface area contributed by atoms with Gasteiger partial charge in [0, 0.05) is 6.21 Å². The van der Waals surface area contributed by atoms with E-state index in [0.29, 0.717) is 18.1 Å². The van der Waals surface area contributed by atoms with E-state index in [0.717, 1.165) is 22.6 Å². The Hall–Kier alpha value is -4.10. The smallest absolute Gasteiger partial charge is 0.339 e. The first-order valence-electron chi connectivity index (χ1n) is 11.1. The lowest BCUT2D eigenvalue weighted by Crippen LogP contribution is -2.11. The Labute approximate surface area is 205 Å². The van der Waals surface area contributed by atoms with E-state index >= 15 is 0 Å². The van der Waals surface area contributed by atoms with Gasteiger partial charge in [0.25, 0.3) is 0 Å². The summed E-state index contributed by atoms with van der Waals surface area (Å²) in [5, 5.41) is 0. The van der Waals surface area contributed by atoms with Crippen LogP contribution in [0.4, 0.5) is 5.69 Å². The Morgan fingerprint density at radius 3 is 2.17 bits per heavy atom. The molecular formula is C28H25NO5S. The van der Waals surface area contributed by atoms with E-state index in [9.17, 15) is 8.42 Å². The molecule has 0 unspecified atom stereocenters. The molecule has 0 aliphatic heterocycles. The monoisotopic (exact) mass is 487 g/mol. The van der Waals surface area contributed by atoms with Crippen LogP contribution in [0, 0.1) is 6.92 Å². The first-order valence-corrected chi connectivity index (χ1v) is 12.5. The quantitative estimate of drug-likeness (QED) is 0.194. The molecule has 6 nitrogen and oxygen atoms in total. The van der Waals surface area contributed by atoms with Crippen molar-refractivity contribution in [1.82, 2.24) is 0 Å². The number of benzene rings is 4. The summed E-state index contributed by atoms with van der Waals surface area (Å²) in [7, 11) is -3.99. The summed E-state index contributed by atoms with van der Waals surface area (Å²) in [4.78, 5) is 4.57. The number of aryl methyl sites for hydroxylation is 1. The maximum atomic E-state index is 12.7. The van der Waals surface area contributed by atoms with Crippen LogP contribution in [-0.4, -0.2) is 21.2 Å². The van der Waals surface area contributed by atoms with Gasteiger partial charge in [-0.25, -0.2) is 0 Å². The van der Waals surface area contributed by atoms with E-state index in [1.165, 1.54) is 12.1 Å². The van der Waals surface area contributed by atoms with Crippen LogP contribution in [0.15, 0.2) is 107 Å². The Kier molecular flexibility index (Phi) is 7.48. The first-order chi connectivity index (χ1) is 16.9. The SMILES string of the molecule is CCOc1cc(C=Nc2ccc(Oc3ccccc3)cc2)ccc1OS(=O)(=O)c1ccc(C)cc1. The van der Waals surface area contributed by atoms with Gasteiger partial charge < -0.3 is 13.7 Å². The topological polar surface area (TPSA) is 74.2 Å². The molecule has 0 spiro atoms. The fourth-order valence-electron chi connectivity index (χ4n) is 3.19. The molecule has 0 aliphatic carbocycles. The zero-order chi connectivity index (χ0) is 24.7. The molecule has 4 aromatic carbocycles. The average molecular weight is 488 g/mol. The highest BCUT2D eigenvalue weighted by atomic mass is 32.2. The van der Waals surface area contributed by atoms with Crippen LogP contribution in [0.5, 0.6) is 23.0 Å². The molecule has 0 radical (unpaired) electrons. The number of nitrogens with zero attached hydrogens (tertiary/aromatic N) is 1. The molecule has 0 aliphatic rings. The van der Waals surface area contributed by atoms with Gasteiger partial charge >= 0.3 is 10.1 Å². The normalized spacial score (nSPS) is 11.4. The van der Waals surface area contributed by atoms with Crippen LogP contribution >= 0.6 is 0 Å². The zero-order valence-corrected chi connectivity index (χ0v) is 20.2. The summed E-state index contributed by atoms with van der Waals surface area (Å²) in [6, 6.07) is 28.4. The standard InChI is InChI=1S/C28H25NO5S/c1-3-32-28-19-22(11-18-27(28)34-35(30,31)26-16-9-21(2)10-17-26)20-29-23-12-14-25(15-13-23)33-24-7-5-4-6-8-24/h4-20H,3H2,1-2H3. The lowest BCUT2D eigenvalue weighted by molar-refractivity contribution is 0.327. The van der Waals surface area contributed by atoms with Gasteiger partial charge in [0.05, 0.1) is 12.3 Å². The highest BCUT2D eigenvalue weighted by molar-refractivity contribution is 7.87. The Morgan fingerprint density at radius 2 is 1.49 bits per heavy atom. The maximum absolute atomic E-state index is 12.7. The molecule has 35 heavy (non-hydrogen) atoms. The fraction of sp³-hybridized carbons (Fsp3) is 0.107. The molecule has 0 saturated heterocycles. The lowest BCUT2D eigenvalue weighted by atomic mass is 10.2.